The van der Waals surface area contributed by atoms with Gasteiger partial charge in [0.15, 0.2) is 0 Å². The Kier molecular flexibility index (Phi) is 3.41. The summed E-state index contributed by atoms with van der Waals surface area (Å²) in [6.45, 7) is 9.64. The molecule has 2 heteroatoms. The Balaban J connectivity index is 2.31. The van der Waals surface area contributed by atoms with Gasteiger partial charge in [-0.15, -0.1) is 0 Å². The standard InChI is InChI=1S/C15H21NO/c1-11(2)10-16-8-7-13-9-14(17-12(3)4)5-6-15(13)16/h5-9,11-12H,10H2,1-4H3. The van der Waals surface area contributed by atoms with Crippen molar-refractivity contribution in [2.75, 3.05) is 0 Å². The van der Waals surface area contributed by atoms with Gasteiger partial charge in [-0.3, -0.25) is 0 Å². The lowest BCUT2D eigenvalue weighted by Crippen LogP contribution is -2.05. The first-order valence-electron chi connectivity index (χ1n) is 6.32. The predicted molar refractivity (Wildman–Crippen MR) is 72.5 cm³/mol. The Bertz CT molecular complexity index is 497. The summed E-state index contributed by atoms with van der Waals surface area (Å²) in [5.74, 6) is 1.62. The molecule has 1 aromatic carbocycles. The van der Waals surface area contributed by atoms with E-state index in [0.717, 1.165) is 12.3 Å². The number of benzene rings is 1. The monoisotopic (exact) mass is 231 g/mol. The summed E-state index contributed by atoms with van der Waals surface area (Å²) in [5, 5.41) is 1.25. The lowest BCUT2D eigenvalue weighted by Gasteiger charge is -2.11. The molecule has 1 heterocycles. The maximum atomic E-state index is 5.70. The summed E-state index contributed by atoms with van der Waals surface area (Å²) < 4.78 is 8.01. The van der Waals surface area contributed by atoms with Gasteiger partial charge in [0.2, 0.25) is 0 Å². The number of rotatable bonds is 4. The van der Waals surface area contributed by atoms with Crippen molar-refractivity contribution in [3.8, 4) is 5.75 Å². The zero-order valence-electron chi connectivity index (χ0n) is 11.1. The predicted octanol–water partition coefficient (Wildman–Crippen LogP) is 4.08. The van der Waals surface area contributed by atoms with Crippen molar-refractivity contribution < 1.29 is 4.74 Å². The van der Waals surface area contributed by atoms with Gasteiger partial charge < -0.3 is 9.30 Å². The molecule has 2 aromatic rings. The fourth-order valence-electron chi connectivity index (χ4n) is 2.08. The third-order valence-electron chi connectivity index (χ3n) is 2.68. The van der Waals surface area contributed by atoms with E-state index in [-0.39, 0.29) is 6.10 Å². The molecule has 0 radical (unpaired) electrons. The van der Waals surface area contributed by atoms with Gasteiger partial charge in [-0.05, 0) is 44.0 Å². The van der Waals surface area contributed by atoms with Crippen LogP contribution in [0.4, 0.5) is 0 Å². The van der Waals surface area contributed by atoms with E-state index in [2.05, 4.69) is 48.9 Å². The molecular weight excluding hydrogens is 210 g/mol. The fourth-order valence-corrected chi connectivity index (χ4v) is 2.08. The van der Waals surface area contributed by atoms with Crippen molar-refractivity contribution in [3.05, 3.63) is 30.5 Å². The molecule has 0 fully saturated rings. The maximum absolute atomic E-state index is 5.70. The zero-order valence-corrected chi connectivity index (χ0v) is 11.1. The van der Waals surface area contributed by atoms with Crippen LogP contribution >= 0.6 is 0 Å². The van der Waals surface area contributed by atoms with Crippen molar-refractivity contribution in [2.24, 2.45) is 5.92 Å². The first kappa shape index (κ1) is 12.0. The average molecular weight is 231 g/mol. The molecule has 92 valence electrons. The first-order chi connectivity index (χ1) is 8.06. The van der Waals surface area contributed by atoms with Crippen LogP contribution in [0.5, 0.6) is 5.75 Å². The molecule has 0 amide bonds. The Hall–Kier alpha value is -1.44. The molecule has 2 nitrogen and oxygen atoms in total. The second-order valence-electron chi connectivity index (χ2n) is 5.25. The molecule has 1 aromatic heterocycles. The van der Waals surface area contributed by atoms with E-state index in [4.69, 9.17) is 4.74 Å². The summed E-state index contributed by atoms with van der Waals surface area (Å²) in [5.41, 5.74) is 1.29. The quantitative estimate of drug-likeness (QED) is 0.773. The molecular formula is C15H21NO. The van der Waals surface area contributed by atoms with Crippen molar-refractivity contribution >= 4 is 10.9 Å². The summed E-state index contributed by atoms with van der Waals surface area (Å²) >= 11 is 0. The second-order valence-corrected chi connectivity index (χ2v) is 5.25. The minimum Gasteiger partial charge on any atom is -0.491 e. The molecule has 0 aliphatic carbocycles. The highest BCUT2D eigenvalue weighted by Crippen LogP contribution is 2.23. The number of ether oxygens (including phenoxy) is 1. The highest BCUT2D eigenvalue weighted by molar-refractivity contribution is 5.81. The molecule has 0 aliphatic rings. The van der Waals surface area contributed by atoms with Gasteiger partial charge in [0.1, 0.15) is 5.75 Å². The van der Waals surface area contributed by atoms with Crippen molar-refractivity contribution in [3.63, 3.8) is 0 Å². The minimum atomic E-state index is 0.227. The van der Waals surface area contributed by atoms with Crippen LogP contribution in [0.1, 0.15) is 27.7 Å². The molecule has 0 saturated carbocycles. The summed E-state index contributed by atoms with van der Waals surface area (Å²) in [6, 6.07) is 8.48. The van der Waals surface area contributed by atoms with Crippen LogP contribution < -0.4 is 4.74 Å². The van der Waals surface area contributed by atoms with E-state index in [0.29, 0.717) is 5.92 Å². The van der Waals surface area contributed by atoms with E-state index in [9.17, 15) is 0 Å². The maximum Gasteiger partial charge on any atom is 0.120 e. The van der Waals surface area contributed by atoms with Gasteiger partial charge in [0, 0.05) is 23.6 Å². The van der Waals surface area contributed by atoms with Crippen LogP contribution in [0.3, 0.4) is 0 Å². The van der Waals surface area contributed by atoms with Gasteiger partial charge in [-0.25, -0.2) is 0 Å². The van der Waals surface area contributed by atoms with E-state index < -0.39 is 0 Å². The van der Waals surface area contributed by atoms with E-state index in [1.165, 1.54) is 10.9 Å². The van der Waals surface area contributed by atoms with Gasteiger partial charge in [-0.1, -0.05) is 13.8 Å². The van der Waals surface area contributed by atoms with Crippen LogP contribution in [0.25, 0.3) is 10.9 Å². The number of hydrogen-bond acceptors (Lipinski definition) is 1. The van der Waals surface area contributed by atoms with Crippen LogP contribution in [0.2, 0.25) is 0 Å². The molecule has 2 rings (SSSR count). The second kappa shape index (κ2) is 4.82. The van der Waals surface area contributed by atoms with Gasteiger partial charge in [0.25, 0.3) is 0 Å². The number of hydrogen-bond donors (Lipinski definition) is 0. The molecule has 0 unspecified atom stereocenters. The lowest BCUT2D eigenvalue weighted by atomic mass is 10.2. The smallest absolute Gasteiger partial charge is 0.120 e. The van der Waals surface area contributed by atoms with Gasteiger partial charge >= 0.3 is 0 Å². The average Bonchev–Trinajstić information content (AvgIpc) is 2.59. The van der Waals surface area contributed by atoms with Crippen molar-refractivity contribution in [1.82, 2.24) is 4.57 Å². The molecule has 0 atom stereocenters. The Morgan fingerprint density at radius 3 is 2.53 bits per heavy atom. The third kappa shape index (κ3) is 2.82. The van der Waals surface area contributed by atoms with Crippen LogP contribution in [0.15, 0.2) is 30.5 Å². The molecule has 0 bridgehead atoms. The summed E-state index contributed by atoms with van der Waals surface area (Å²) in [6.07, 6.45) is 2.38. The Labute approximate surface area is 103 Å². The largest absolute Gasteiger partial charge is 0.491 e. The van der Waals surface area contributed by atoms with E-state index >= 15 is 0 Å². The van der Waals surface area contributed by atoms with Crippen molar-refractivity contribution in [2.45, 2.75) is 40.3 Å². The number of nitrogens with zero attached hydrogens (tertiary/aromatic N) is 1. The molecule has 0 saturated heterocycles. The summed E-state index contributed by atoms with van der Waals surface area (Å²) in [7, 11) is 0. The highest BCUT2D eigenvalue weighted by Gasteiger charge is 2.05. The number of aromatic nitrogens is 1. The Morgan fingerprint density at radius 1 is 1.12 bits per heavy atom. The number of fused-ring (bicyclic) bond motifs is 1. The zero-order chi connectivity index (χ0) is 12.4. The SMILES string of the molecule is CC(C)Cn1ccc2cc(OC(C)C)ccc21. The minimum absolute atomic E-state index is 0.227. The molecule has 17 heavy (non-hydrogen) atoms. The summed E-state index contributed by atoms with van der Waals surface area (Å²) in [4.78, 5) is 0. The normalized spacial score (nSPS) is 11.6. The molecule has 0 aliphatic heterocycles. The van der Waals surface area contributed by atoms with Crippen molar-refractivity contribution in [1.29, 1.82) is 0 Å². The van der Waals surface area contributed by atoms with Crippen LogP contribution in [0, 0.1) is 5.92 Å². The Morgan fingerprint density at radius 2 is 1.88 bits per heavy atom. The van der Waals surface area contributed by atoms with E-state index in [1.807, 2.05) is 13.8 Å². The topological polar surface area (TPSA) is 14.2 Å². The first-order valence-corrected chi connectivity index (χ1v) is 6.32. The van der Waals surface area contributed by atoms with E-state index in [1.54, 1.807) is 0 Å². The van der Waals surface area contributed by atoms with Gasteiger partial charge in [-0.2, -0.15) is 0 Å². The molecule has 0 N–H and O–H groups in total. The lowest BCUT2D eigenvalue weighted by molar-refractivity contribution is 0.243. The third-order valence-corrected chi connectivity index (χ3v) is 2.68. The van der Waals surface area contributed by atoms with Gasteiger partial charge in [0.05, 0.1) is 6.10 Å². The highest BCUT2D eigenvalue weighted by atomic mass is 16.5. The van der Waals surface area contributed by atoms with Crippen LogP contribution in [-0.4, -0.2) is 10.7 Å². The van der Waals surface area contributed by atoms with Crippen LogP contribution in [-0.2, 0) is 6.54 Å². The fraction of sp³-hybridized carbons (Fsp3) is 0.467. The molecule has 0 spiro atoms.